The van der Waals surface area contributed by atoms with Crippen LogP contribution < -0.4 is 5.32 Å². The number of carbonyl (C=O) groups excluding carboxylic acids is 1. The first-order valence-corrected chi connectivity index (χ1v) is 6.41. The van der Waals surface area contributed by atoms with Crippen LogP contribution in [0.1, 0.15) is 21.5 Å². The van der Waals surface area contributed by atoms with Gasteiger partial charge in [-0.3, -0.25) is 4.79 Å². The highest BCUT2D eigenvalue weighted by atomic mass is 19.2. The molecule has 102 valence electrons. The maximum absolute atomic E-state index is 13.9. The number of carbonyl (C=O) groups is 1. The average molecular weight is 273 g/mol. The third-order valence-electron chi connectivity index (χ3n) is 3.63. The lowest BCUT2D eigenvalue weighted by Gasteiger charge is -2.11. The van der Waals surface area contributed by atoms with E-state index in [9.17, 15) is 13.6 Å². The van der Waals surface area contributed by atoms with Gasteiger partial charge in [-0.05, 0) is 30.2 Å². The summed E-state index contributed by atoms with van der Waals surface area (Å²) in [5.74, 6) is -2.43. The third kappa shape index (κ3) is 1.97. The lowest BCUT2D eigenvalue weighted by Crippen LogP contribution is -2.28. The second kappa shape index (κ2) is 4.71. The largest absolute Gasteiger partial charge is 0.374 e. The molecule has 20 heavy (non-hydrogen) atoms. The van der Waals surface area contributed by atoms with Crippen LogP contribution in [0.4, 0.5) is 14.5 Å². The Morgan fingerprint density at radius 1 is 1.15 bits per heavy atom. The Morgan fingerprint density at radius 2 is 1.90 bits per heavy atom. The molecule has 0 spiro atoms. The van der Waals surface area contributed by atoms with E-state index in [2.05, 4.69) is 5.32 Å². The molecule has 0 radical (unpaired) electrons. The Kier molecular flexibility index (Phi) is 3.01. The number of Topliss-reactive ketones (excluding diaryl/α,β-unsaturated/α-hetero) is 1. The second-order valence-electron chi connectivity index (χ2n) is 4.98. The first-order valence-electron chi connectivity index (χ1n) is 6.41. The fourth-order valence-electron chi connectivity index (χ4n) is 2.48. The summed E-state index contributed by atoms with van der Waals surface area (Å²) in [4.78, 5) is 12.3. The summed E-state index contributed by atoms with van der Waals surface area (Å²) < 4.78 is 27.4. The van der Waals surface area contributed by atoms with E-state index < -0.39 is 23.5 Å². The van der Waals surface area contributed by atoms with Crippen molar-refractivity contribution in [2.45, 2.75) is 19.4 Å². The topological polar surface area (TPSA) is 29.1 Å². The maximum atomic E-state index is 13.9. The van der Waals surface area contributed by atoms with Gasteiger partial charge in [0.05, 0.1) is 11.6 Å². The molecule has 2 aromatic rings. The molecule has 1 N–H and O–H groups in total. The van der Waals surface area contributed by atoms with Gasteiger partial charge in [0, 0.05) is 12.1 Å². The van der Waals surface area contributed by atoms with Crippen LogP contribution in [0.3, 0.4) is 0 Å². The lowest BCUT2D eigenvalue weighted by atomic mass is 9.99. The molecule has 1 unspecified atom stereocenters. The fourth-order valence-corrected chi connectivity index (χ4v) is 2.48. The summed E-state index contributed by atoms with van der Waals surface area (Å²) in [6.45, 7) is 1.47. The van der Waals surface area contributed by atoms with Gasteiger partial charge in [0.1, 0.15) is 0 Å². The van der Waals surface area contributed by atoms with E-state index in [1.54, 1.807) is 0 Å². The normalized spacial score (nSPS) is 16.6. The number of rotatable bonds is 2. The van der Waals surface area contributed by atoms with Crippen molar-refractivity contribution in [2.24, 2.45) is 0 Å². The Bertz CT molecular complexity index is 672. The first kappa shape index (κ1) is 12.8. The van der Waals surface area contributed by atoms with Gasteiger partial charge in [-0.25, -0.2) is 8.78 Å². The third-order valence-corrected chi connectivity index (χ3v) is 3.63. The van der Waals surface area contributed by atoms with Crippen LogP contribution in [0.15, 0.2) is 36.4 Å². The van der Waals surface area contributed by atoms with Crippen LogP contribution in [0.5, 0.6) is 0 Å². The zero-order chi connectivity index (χ0) is 14.3. The van der Waals surface area contributed by atoms with Gasteiger partial charge < -0.3 is 5.32 Å². The molecule has 1 heterocycles. The highest BCUT2D eigenvalue weighted by Gasteiger charge is 2.29. The highest BCUT2D eigenvalue weighted by Crippen LogP contribution is 2.28. The highest BCUT2D eigenvalue weighted by molar-refractivity contribution is 6.03. The van der Waals surface area contributed by atoms with Crippen molar-refractivity contribution in [3.05, 3.63) is 64.7 Å². The quantitative estimate of drug-likeness (QED) is 0.849. The molecule has 4 heteroatoms. The smallest absolute Gasteiger partial charge is 0.188 e. The minimum absolute atomic E-state index is 0.196. The van der Waals surface area contributed by atoms with E-state index in [0.717, 1.165) is 11.3 Å². The van der Waals surface area contributed by atoms with Crippen molar-refractivity contribution in [1.29, 1.82) is 0 Å². The van der Waals surface area contributed by atoms with Gasteiger partial charge in [-0.1, -0.05) is 24.3 Å². The fraction of sp³-hybridized carbons (Fsp3) is 0.188. The van der Waals surface area contributed by atoms with Crippen molar-refractivity contribution in [3.63, 3.8) is 0 Å². The lowest BCUT2D eigenvalue weighted by molar-refractivity contribution is 0.0966. The zero-order valence-corrected chi connectivity index (χ0v) is 10.9. The van der Waals surface area contributed by atoms with E-state index >= 15 is 0 Å². The summed E-state index contributed by atoms with van der Waals surface area (Å²) in [5.41, 5.74) is 1.89. The van der Waals surface area contributed by atoms with E-state index in [0.29, 0.717) is 6.42 Å². The van der Waals surface area contributed by atoms with Crippen LogP contribution in [0.25, 0.3) is 0 Å². The number of nitrogens with one attached hydrogen (secondary N) is 1. The summed E-state index contributed by atoms with van der Waals surface area (Å²) in [6.07, 6.45) is 0.490. The summed E-state index contributed by atoms with van der Waals surface area (Å²) >= 11 is 0. The molecule has 0 saturated heterocycles. The standard InChI is InChI=1S/C16H13F2NO/c1-9-6-7-11(15(18)14(9)17)16(20)13-8-10-4-2-3-5-12(10)19-13/h2-7,13,19H,8H2,1H3. The number of halogens is 2. The number of para-hydroxylation sites is 1. The molecule has 1 atom stereocenters. The predicted octanol–water partition coefficient (Wildman–Crippen LogP) is 3.49. The Balaban J connectivity index is 1.91. The number of hydrogen-bond acceptors (Lipinski definition) is 2. The molecule has 2 aromatic carbocycles. The molecule has 0 bridgehead atoms. The van der Waals surface area contributed by atoms with E-state index in [-0.39, 0.29) is 11.1 Å². The van der Waals surface area contributed by atoms with Crippen molar-refractivity contribution < 1.29 is 13.6 Å². The van der Waals surface area contributed by atoms with Crippen molar-refractivity contribution in [2.75, 3.05) is 5.32 Å². The van der Waals surface area contributed by atoms with E-state index in [1.807, 2.05) is 24.3 Å². The number of aryl methyl sites for hydroxylation is 1. The maximum Gasteiger partial charge on any atom is 0.188 e. The first-order chi connectivity index (χ1) is 9.58. The van der Waals surface area contributed by atoms with E-state index in [4.69, 9.17) is 0 Å². The second-order valence-corrected chi connectivity index (χ2v) is 4.98. The van der Waals surface area contributed by atoms with Gasteiger partial charge >= 0.3 is 0 Å². The van der Waals surface area contributed by atoms with Crippen LogP contribution in [-0.4, -0.2) is 11.8 Å². The van der Waals surface area contributed by atoms with Crippen molar-refractivity contribution in [3.8, 4) is 0 Å². The van der Waals surface area contributed by atoms with Gasteiger partial charge in [-0.2, -0.15) is 0 Å². The molecule has 0 amide bonds. The minimum Gasteiger partial charge on any atom is -0.374 e. The SMILES string of the molecule is Cc1ccc(C(=O)C2Cc3ccccc3N2)c(F)c1F. The van der Waals surface area contributed by atoms with Gasteiger partial charge in [0.15, 0.2) is 17.4 Å². The molecule has 3 rings (SSSR count). The van der Waals surface area contributed by atoms with Crippen molar-refractivity contribution in [1.82, 2.24) is 0 Å². The van der Waals surface area contributed by atoms with Gasteiger partial charge in [-0.15, -0.1) is 0 Å². The molecular formula is C16H13F2NO. The number of ketones is 1. The van der Waals surface area contributed by atoms with Crippen LogP contribution in [0.2, 0.25) is 0 Å². The summed E-state index contributed by atoms with van der Waals surface area (Å²) in [6, 6.07) is 9.78. The average Bonchev–Trinajstić information content (AvgIpc) is 2.88. The molecule has 0 saturated carbocycles. The van der Waals surface area contributed by atoms with Gasteiger partial charge in [0.25, 0.3) is 0 Å². The molecule has 0 fully saturated rings. The summed E-state index contributed by atoms with van der Waals surface area (Å²) in [7, 11) is 0. The molecule has 2 nitrogen and oxygen atoms in total. The Hall–Kier alpha value is -2.23. The molecule has 1 aliphatic heterocycles. The Labute approximate surface area is 115 Å². The Morgan fingerprint density at radius 3 is 2.65 bits per heavy atom. The number of benzene rings is 2. The van der Waals surface area contributed by atoms with Crippen LogP contribution in [-0.2, 0) is 6.42 Å². The van der Waals surface area contributed by atoms with Crippen LogP contribution in [0, 0.1) is 18.6 Å². The van der Waals surface area contributed by atoms with Crippen LogP contribution >= 0.6 is 0 Å². The van der Waals surface area contributed by atoms with Gasteiger partial charge in [0.2, 0.25) is 0 Å². The number of anilines is 1. The van der Waals surface area contributed by atoms with Crippen molar-refractivity contribution >= 4 is 11.5 Å². The monoisotopic (exact) mass is 273 g/mol. The zero-order valence-electron chi connectivity index (χ0n) is 10.9. The predicted molar refractivity (Wildman–Crippen MR) is 73.0 cm³/mol. The number of fused-ring (bicyclic) bond motifs is 1. The molecule has 0 aromatic heterocycles. The molecule has 0 aliphatic carbocycles. The molecule has 1 aliphatic rings. The summed E-state index contributed by atoms with van der Waals surface area (Å²) in [5, 5.41) is 3.06. The number of hydrogen-bond donors (Lipinski definition) is 1. The van der Waals surface area contributed by atoms with E-state index in [1.165, 1.54) is 19.1 Å². The molecular weight excluding hydrogens is 260 g/mol. The minimum atomic E-state index is -1.06.